The second-order valence-electron chi connectivity index (χ2n) is 6.24. The van der Waals surface area contributed by atoms with E-state index in [1.165, 1.54) is 12.1 Å². The lowest BCUT2D eigenvalue weighted by Gasteiger charge is -2.31. The number of nitrogens with one attached hydrogen (secondary N) is 1. The summed E-state index contributed by atoms with van der Waals surface area (Å²) in [7, 11) is 0. The van der Waals surface area contributed by atoms with Crippen LogP contribution in [-0.4, -0.2) is 35.8 Å². The molecule has 4 nitrogen and oxygen atoms in total. The molecule has 5 heteroatoms. The molecule has 0 unspecified atom stereocenters. The number of benzene rings is 1. The molecule has 0 radical (unpaired) electrons. The number of carbonyl (C=O) groups is 2. The summed E-state index contributed by atoms with van der Waals surface area (Å²) < 4.78 is 12.9. The first-order valence-electron chi connectivity index (χ1n) is 7.94. The highest BCUT2D eigenvalue weighted by atomic mass is 19.1. The van der Waals surface area contributed by atoms with Gasteiger partial charge < -0.3 is 10.2 Å². The fraction of sp³-hybridized carbons (Fsp3) is 0.529. The summed E-state index contributed by atoms with van der Waals surface area (Å²) in [4.78, 5) is 26.1. The van der Waals surface area contributed by atoms with Gasteiger partial charge in [-0.2, -0.15) is 0 Å². The fourth-order valence-corrected chi connectivity index (χ4v) is 2.83. The molecule has 2 aliphatic rings. The molecule has 22 heavy (non-hydrogen) atoms. The van der Waals surface area contributed by atoms with Crippen molar-refractivity contribution in [3.8, 4) is 0 Å². The average molecular weight is 304 g/mol. The summed E-state index contributed by atoms with van der Waals surface area (Å²) in [5.74, 6) is -0.0602. The maximum Gasteiger partial charge on any atom is 0.226 e. The number of carbonyl (C=O) groups excluding carboxylic acids is 2. The molecule has 1 aliphatic carbocycles. The Bertz CT molecular complexity index is 546. The Morgan fingerprint density at radius 3 is 2.32 bits per heavy atom. The number of halogens is 1. The van der Waals surface area contributed by atoms with Crippen molar-refractivity contribution in [2.75, 3.05) is 13.1 Å². The molecule has 2 fully saturated rings. The lowest BCUT2D eigenvalue weighted by molar-refractivity contribution is -0.135. The minimum absolute atomic E-state index is 0.0375. The van der Waals surface area contributed by atoms with Crippen LogP contribution in [-0.2, 0) is 16.0 Å². The van der Waals surface area contributed by atoms with Crippen LogP contribution in [0.3, 0.4) is 0 Å². The minimum atomic E-state index is -0.293. The highest BCUT2D eigenvalue weighted by Gasteiger charge is 2.30. The lowest BCUT2D eigenvalue weighted by Crippen LogP contribution is -2.43. The number of amides is 2. The molecule has 0 aromatic heterocycles. The van der Waals surface area contributed by atoms with E-state index in [-0.39, 0.29) is 23.5 Å². The number of nitrogens with zero attached hydrogens (tertiary/aromatic N) is 1. The number of likely N-dealkylation sites (tertiary alicyclic amines) is 1. The third-order valence-electron chi connectivity index (χ3n) is 4.41. The van der Waals surface area contributed by atoms with Gasteiger partial charge in [-0.1, -0.05) is 12.1 Å². The van der Waals surface area contributed by atoms with Gasteiger partial charge in [0.15, 0.2) is 0 Å². The standard InChI is InChI=1S/C17H21FN2O2/c18-14-3-1-12(2-4-14)11-16(21)20-9-7-13(8-10-20)17(22)19-15-5-6-15/h1-4,13,15H,5-11H2,(H,19,22). The van der Waals surface area contributed by atoms with E-state index in [9.17, 15) is 14.0 Å². The molecule has 1 heterocycles. The first-order valence-corrected chi connectivity index (χ1v) is 7.94. The van der Waals surface area contributed by atoms with E-state index >= 15 is 0 Å². The van der Waals surface area contributed by atoms with Gasteiger partial charge in [0.2, 0.25) is 11.8 Å². The van der Waals surface area contributed by atoms with Gasteiger partial charge >= 0.3 is 0 Å². The summed E-state index contributed by atoms with van der Waals surface area (Å²) in [5.41, 5.74) is 0.819. The average Bonchev–Trinajstić information content (AvgIpc) is 3.33. The topological polar surface area (TPSA) is 49.4 Å². The Kier molecular flexibility index (Phi) is 4.41. The van der Waals surface area contributed by atoms with Crippen molar-refractivity contribution < 1.29 is 14.0 Å². The summed E-state index contributed by atoms with van der Waals surface area (Å²) in [6.45, 7) is 1.26. The molecule has 118 valence electrons. The van der Waals surface area contributed by atoms with Gasteiger partial charge in [0, 0.05) is 25.0 Å². The molecule has 1 aliphatic heterocycles. The van der Waals surface area contributed by atoms with Crippen molar-refractivity contribution in [2.45, 2.75) is 38.1 Å². The van der Waals surface area contributed by atoms with Crippen LogP contribution < -0.4 is 5.32 Å². The van der Waals surface area contributed by atoms with Crippen LogP contribution in [0.1, 0.15) is 31.2 Å². The SMILES string of the molecule is O=C(NC1CC1)C1CCN(C(=O)Cc2ccc(F)cc2)CC1. The summed E-state index contributed by atoms with van der Waals surface area (Å²) in [6, 6.07) is 6.42. The quantitative estimate of drug-likeness (QED) is 0.923. The smallest absolute Gasteiger partial charge is 0.226 e. The third-order valence-corrected chi connectivity index (χ3v) is 4.41. The Hall–Kier alpha value is -1.91. The Morgan fingerprint density at radius 1 is 1.09 bits per heavy atom. The summed E-state index contributed by atoms with van der Waals surface area (Å²) in [6.07, 6.45) is 3.95. The predicted molar refractivity (Wildman–Crippen MR) is 80.6 cm³/mol. The van der Waals surface area contributed by atoms with Crippen molar-refractivity contribution in [1.29, 1.82) is 0 Å². The molecule has 1 saturated carbocycles. The number of rotatable bonds is 4. The second kappa shape index (κ2) is 6.46. The van der Waals surface area contributed by atoms with Gasteiger partial charge in [-0.05, 0) is 43.4 Å². The van der Waals surface area contributed by atoms with Gasteiger partial charge in [-0.3, -0.25) is 9.59 Å². The van der Waals surface area contributed by atoms with Crippen molar-refractivity contribution in [3.05, 3.63) is 35.6 Å². The molecule has 0 atom stereocenters. The van der Waals surface area contributed by atoms with E-state index < -0.39 is 0 Å². The normalized spacial score (nSPS) is 19.0. The summed E-state index contributed by atoms with van der Waals surface area (Å²) in [5, 5.41) is 3.03. The van der Waals surface area contributed by atoms with Crippen molar-refractivity contribution in [2.24, 2.45) is 5.92 Å². The molecule has 1 aromatic rings. The van der Waals surface area contributed by atoms with Gasteiger partial charge in [-0.25, -0.2) is 4.39 Å². The monoisotopic (exact) mass is 304 g/mol. The fourth-order valence-electron chi connectivity index (χ4n) is 2.83. The van der Waals surface area contributed by atoms with Gasteiger partial charge in [-0.15, -0.1) is 0 Å². The van der Waals surface area contributed by atoms with Crippen LogP contribution in [0, 0.1) is 11.7 Å². The zero-order valence-electron chi connectivity index (χ0n) is 12.6. The molecule has 1 aromatic carbocycles. The maximum absolute atomic E-state index is 12.9. The Morgan fingerprint density at radius 2 is 1.73 bits per heavy atom. The third kappa shape index (κ3) is 3.84. The van der Waals surface area contributed by atoms with E-state index in [0.29, 0.717) is 25.6 Å². The van der Waals surface area contributed by atoms with Crippen LogP contribution in [0.25, 0.3) is 0 Å². The molecular formula is C17H21FN2O2. The Balaban J connectivity index is 1.46. The molecule has 1 saturated heterocycles. The highest BCUT2D eigenvalue weighted by Crippen LogP contribution is 2.23. The van der Waals surface area contributed by atoms with Crippen LogP contribution in [0.2, 0.25) is 0 Å². The van der Waals surface area contributed by atoms with Crippen molar-refractivity contribution in [1.82, 2.24) is 10.2 Å². The van der Waals surface area contributed by atoms with Crippen molar-refractivity contribution in [3.63, 3.8) is 0 Å². The van der Waals surface area contributed by atoms with E-state index in [0.717, 1.165) is 31.2 Å². The van der Waals surface area contributed by atoms with E-state index in [1.54, 1.807) is 12.1 Å². The molecular weight excluding hydrogens is 283 g/mol. The van der Waals surface area contributed by atoms with Crippen LogP contribution in [0.4, 0.5) is 4.39 Å². The number of hydrogen-bond donors (Lipinski definition) is 1. The van der Waals surface area contributed by atoms with Gasteiger partial charge in [0.25, 0.3) is 0 Å². The highest BCUT2D eigenvalue weighted by molar-refractivity contribution is 5.81. The predicted octanol–water partition coefficient (Wildman–Crippen LogP) is 1.89. The zero-order valence-corrected chi connectivity index (χ0v) is 12.6. The number of piperidine rings is 1. The van der Waals surface area contributed by atoms with Crippen LogP contribution in [0.5, 0.6) is 0 Å². The van der Waals surface area contributed by atoms with E-state index in [1.807, 2.05) is 4.90 Å². The molecule has 1 N–H and O–H groups in total. The first kappa shape index (κ1) is 15.0. The summed E-state index contributed by atoms with van der Waals surface area (Å²) >= 11 is 0. The molecule has 2 amide bonds. The van der Waals surface area contributed by atoms with E-state index in [4.69, 9.17) is 0 Å². The zero-order chi connectivity index (χ0) is 15.5. The van der Waals surface area contributed by atoms with Crippen molar-refractivity contribution >= 4 is 11.8 Å². The van der Waals surface area contributed by atoms with Gasteiger partial charge in [0.1, 0.15) is 5.82 Å². The number of hydrogen-bond acceptors (Lipinski definition) is 2. The first-order chi connectivity index (χ1) is 10.6. The lowest BCUT2D eigenvalue weighted by atomic mass is 9.95. The second-order valence-corrected chi connectivity index (χ2v) is 6.24. The van der Waals surface area contributed by atoms with Crippen LogP contribution >= 0.6 is 0 Å². The minimum Gasteiger partial charge on any atom is -0.353 e. The molecule has 3 rings (SSSR count). The van der Waals surface area contributed by atoms with Gasteiger partial charge in [0.05, 0.1) is 6.42 Å². The van der Waals surface area contributed by atoms with E-state index in [2.05, 4.69) is 5.32 Å². The molecule has 0 bridgehead atoms. The van der Waals surface area contributed by atoms with Crippen LogP contribution in [0.15, 0.2) is 24.3 Å². The Labute approximate surface area is 129 Å². The largest absolute Gasteiger partial charge is 0.353 e. The molecule has 0 spiro atoms. The maximum atomic E-state index is 12.9.